The Kier molecular flexibility index (Phi) is 7.61. The molecule has 3 rings (SSSR count). The van der Waals surface area contributed by atoms with Gasteiger partial charge in [0.05, 0.1) is 18.3 Å². The van der Waals surface area contributed by atoms with Crippen molar-refractivity contribution >= 4 is 0 Å². The van der Waals surface area contributed by atoms with Crippen LogP contribution in [0.5, 0.6) is 0 Å². The molecule has 1 saturated carbocycles. The minimum absolute atomic E-state index is 0. The van der Waals surface area contributed by atoms with E-state index in [1.165, 1.54) is 24.3 Å². The van der Waals surface area contributed by atoms with Crippen LogP contribution in [0.3, 0.4) is 0 Å². The van der Waals surface area contributed by atoms with Gasteiger partial charge in [-0.25, -0.2) is 13.2 Å². The number of benzene rings is 2. The summed E-state index contributed by atoms with van der Waals surface area (Å²) in [5.74, 6) is 8.77. The van der Waals surface area contributed by atoms with E-state index in [-0.39, 0.29) is 34.4 Å². The summed E-state index contributed by atoms with van der Waals surface area (Å²) in [6.45, 7) is 4.18. The summed E-state index contributed by atoms with van der Waals surface area (Å²) in [4.78, 5) is 0. The van der Waals surface area contributed by atoms with Crippen LogP contribution in [0.4, 0.5) is 13.2 Å². The van der Waals surface area contributed by atoms with E-state index in [1.54, 1.807) is 12.1 Å². The molecule has 1 nitrogen and oxygen atoms in total. The van der Waals surface area contributed by atoms with Crippen LogP contribution in [0, 0.1) is 53.5 Å². The molecule has 0 aromatic heterocycles. The second kappa shape index (κ2) is 10.6. The topological polar surface area (TPSA) is 9.23 Å². The number of halogens is 3. The molecule has 0 atom stereocenters. The van der Waals surface area contributed by atoms with Crippen LogP contribution in [0.15, 0.2) is 43.0 Å². The lowest BCUT2D eigenvalue weighted by atomic mass is 9.82. The van der Waals surface area contributed by atoms with Gasteiger partial charge in [0.2, 0.25) is 0 Å². The molecule has 0 amide bonds. The number of hydrogen-bond acceptors (Lipinski definition) is 1. The quantitative estimate of drug-likeness (QED) is 0.370. The van der Waals surface area contributed by atoms with Crippen molar-refractivity contribution in [2.75, 3.05) is 6.61 Å². The molecule has 0 N–H and O–H groups in total. The van der Waals surface area contributed by atoms with Crippen molar-refractivity contribution in [3.05, 3.63) is 71.6 Å². The van der Waals surface area contributed by atoms with Crippen LogP contribution in [0.1, 0.15) is 48.4 Å². The molecule has 0 unspecified atom stereocenters. The van der Waals surface area contributed by atoms with E-state index < -0.39 is 17.5 Å². The third-order valence-corrected chi connectivity index (χ3v) is 5.36. The zero-order chi connectivity index (χ0) is 22.2. The minimum Gasteiger partial charge on any atom is -0.374 e. The average molecular weight is 427 g/mol. The van der Waals surface area contributed by atoms with Gasteiger partial charge >= 0.3 is 0 Å². The zero-order valence-electron chi connectivity index (χ0n) is 17.0. The molecule has 0 aliphatic heterocycles. The number of terminal acetylenes is 1. The van der Waals surface area contributed by atoms with Crippen LogP contribution >= 0.6 is 0 Å². The molecule has 1 aliphatic rings. The Labute approximate surface area is 187 Å². The molecule has 2 aromatic carbocycles. The molecular formula is C27H29F3O. The van der Waals surface area contributed by atoms with Gasteiger partial charge < -0.3 is 4.74 Å². The average Bonchev–Trinajstić information content (AvgIpc) is 2.79. The van der Waals surface area contributed by atoms with Crippen LogP contribution < -0.4 is 0 Å². The summed E-state index contributed by atoms with van der Waals surface area (Å²) in [5.41, 5.74) is 0.553. The van der Waals surface area contributed by atoms with E-state index >= 15 is 0 Å². The van der Waals surface area contributed by atoms with Gasteiger partial charge in [-0.1, -0.05) is 18.2 Å². The molecule has 2 aromatic rings. The molecule has 0 saturated heterocycles. The Bertz CT molecular complexity index is 1150. The molecule has 1 aliphatic carbocycles. The molecule has 0 radical (unpaired) electrons. The van der Waals surface area contributed by atoms with Crippen molar-refractivity contribution in [1.82, 2.24) is 0 Å². The molecule has 4 heteroatoms. The zero-order valence-corrected chi connectivity index (χ0v) is 17.0. The highest BCUT2D eigenvalue weighted by atomic mass is 19.2. The molecular weight excluding hydrogens is 397 g/mol. The maximum absolute atomic E-state index is 14.8. The first-order valence-corrected chi connectivity index (χ1v) is 10.0. The lowest BCUT2D eigenvalue weighted by molar-refractivity contribution is 0.0423. The Morgan fingerprint density at radius 2 is 1.74 bits per heavy atom. The van der Waals surface area contributed by atoms with Gasteiger partial charge in [0.15, 0.2) is 11.6 Å². The Balaban J connectivity index is 0. The summed E-state index contributed by atoms with van der Waals surface area (Å²) in [6, 6.07) is 7.33. The third-order valence-electron chi connectivity index (χ3n) is 5.36. The minimum atomic E-state index is -1.15. The summed E-state index contributed by atoms with van der Waals surface area (Å²) in [7, 11) is 0. The highest BCUT2D eigenvalue weighted by molar-refractivity contribution is 5.67. The lowest BCUT2D eigenvalue weighted by Gasteiger charge is -2.28. The van der Waals surface area contributed by atoms with Crippen LogP contribution in [-0.4, -0.2) is 12.7 Å². The van der Waals surface area contributed by atoms with Crippen molar-refractivity contribution in [3.8, 4) is 47.2 Å². The van der Waals surface area contributed by atoms with E-state index in [9.17, 15) is 13.2 Å². The highest BCUT2D eigenvalue weighted by Gasteiger charge is 2.24. The van der Waals surface area contributed by atoms with Crippen LogP contribution in [0.2, 0.25) is 0 Å². The summed E-state index contributed by atoms with van der Waals surface area (Å²) >= 11 is 0. The molecule has 0 spiro atoms. The summed E-state index contributed by atoms with van der Waals surface area (Å²) in [5, 5.41) is 0. The predicted octanol–water partition coefficient (Wildman–Crippen LogP) is 6.97. The van der Waals surface area contributed by atoms with Gasteiger partial charge in [-0.05, 0) is 85.0 Å². The highest BCUT2D eigenvalue weighted by Crippen LogP contribution is 2.36. The van der Waals surface area contributed by atoms with Gasteiger partial charge in [-0.2, -0.15) is 0 Å². The van der Waals surface area contributed by atoms with E-state index in [2.05, 4.69) is 36.2 Å². The van der Waals surface area contributed by atoms with Crippen molar-refractivity contribution in [2.45, 2.75) is 37.7 Å². The van der Waals surface area contributed by atoms with Crippen molar-refractivity contribution < 1.29 is 23.6 Å². The fourth-order valence-electron chi connectivity index (χ4n) is 3.79. The largest absolute Gasteiger partial charge is 0.374 e. The Morgan fingerprint density at radius 3 is 2.42 bits per heavy atom. The monoisotopic (exact) mass is 426 g/mol. The van der Waals surface area contributed by atoms with Crippen LogP contribution in [-0.2, 0) is 4.74 Å². The standard InChI is InChI=1S/C27H21F3O.4H2/c1-3-5-6-7-8-20-11-16-24(27(30)26(20)29)23-15-12-21(18-25(23)28)19-9-13-22(14-10-19)31-17-4-2;;;;/h1,4,11-12,15-16,18-19,22H,2,9-10,13-14,17H2;4*1H. The predicted molar refractivity (Wildman–Crippen MR) is 125 cm³/mol. The van der Waals surface area contributed by atoms with Crippen molar-refractivity contribution in [1.29, 1.82) is 0 Å². The Hall–Kier alpha value is -3.39. The number of hydrogen-bond donors (Lipinski definition) is 0. The van der Waals surface area contributed by atoms with Gasteiger partial charge in [0.25, 0.3) is 0 Å². The maximum atomic E-state index is 14.8. The molecule has 1 fully saturated rings. The normalized spacial score (nSPS) is 17.5. The lowest BCUT2D eigenvalue weighted by Crippen LogP contribution is -2.21. The first-order chi connectivity index (χ1) is 15.0. The van der Waals surface area contributed by atoms with E-state index in [0.29, 0.717) is 6.61 Å². The van der Waals surface area contributed by atoms with Crippen LogP contribution in [0.25, 0.3) is 11.1 Å². The molecule has 31 heavy (non-hydrogen) atoms. The van der Waals surface area contributed by atoms with Gasteiger partial charge in [-0.15, -0.1) is 13.0 Å². The number of rotatable bonds is 5. The van der Waals surface area contributed by atoms with E-state index in [4.69, 9.17) is 11.2 Å². The van der Waals surface area contributed by atoms with E-state index in [1.807, 2.05) is 0 Å². The maximum Gasteiger partial charge on any atom is 0.175 e. The van der Waals surface area contributed by atoms with Crippen molar-refractivity contribution in [3.63, 3.8) is 0 Å². The second-order valence-corrected chi connectivity index (χ2v) is 7.27. The van der Waals surface area contributed by atoms with Gasteiger partial charge in [0, 0.05) is 16.8 Å². The first-order valence-electron chi connectivity index (χ1n) is 10.0. The molecule has 0 bridgehead atoms. The summed E-state index contributed by atoms with van der Waals surface area (Å²) in [6.07, 6.45) is 10.5. The van der Waals surface area contributed by atoms with Gasteiger partial charge in [0.1, 0.15) is 5.82 Å². The molecule has 0 heterocycles. The fraction of sp³-hybridized carbons (Fsp3) is 0.259. The smallest absolute Gasteiger partial charge is 0.175 e. The van der Waals surface area contributed by atoms with E-state index in [0.717, 1.165) is 31.2 Å². The Morgan fingerprint density at radius 1 is 1.00 bits per heavy atom. The first kappa shape index (κ1) is 22.3. The molecule has 164 valence electrons. The van der Waals surface area contributed by atoms with Gasteiger partial charge in [-0.3, -0.25) is 0 Å². The third kappa shape index (κ3) is 5.40. The summed E-state index contributed by atoms with van der Waals surface area (Å²) < 4.78 is 49.5. The second-order valence-electron chi connectivity index (χ2n) is 7.27. The fourth-order valence-corrected chi connectivity index (χ4v) is 3.79. The van der Waals surface area contributed by atoms with Crippen molar-refractivity contribution in [2.24, 2.45) is 0 Å². The SMILES string of the molecule is C#CC#CC#Cc1ccc(-c2ccc(C3CCC(OCC=C)CC3)cc2F)c(F)c1F.[HH].[HH].[HH].[HH]. The number of ether oxygens (including phenoxy) is 1.